The fourth-order valence-corrected chi connectivity index (χ4v) is 3.39. The molecular weight excluding hydrogens is 330 g/mol. The third-order valence-electron chi connectivity index (χ3n) is 4.56. The SMILES string of the molecule is C/C=C(\NC(c1ccccc1Cl)C(C)C)c1ccc2n[nH]c(C)c2c1. The zero-order valence-corrected chi connectivity index (χ0v) is 15.9. The van der Waals surface area contributed by atoms with Gasteiger partial charge in [-0.25, -0.2) is 0 Å². The summed E-state index contributed by atoms with van der Waals surface area (Å²) in [6.45, 7) is 8.51. The fraction of sp³-hybridized carbons (Fsp3) is 0.286. The third-order valence-corrected chi connectivity index (χ3v) is 4.91. The number of nitrogens with zero attached hydrogens (tertiary/aromatic N) is 1. The number of aryl methyl sites for hydroxylation is 1. The van der Waals surface area contributed by atoms with Crippen LogP contribution in [0.4, 0.5) is 0 Å². The van der Waals surface area contributed by atoms with Gasteiger partial charge in [0.1, 0.15) is 0 Å². The van der Waals surface area contributed by atoms with E-state index in [1.165, 1.54) is 0 Å². The lowest BCUT2D eigenvalue weighted by molar-refractivity contribution is 0.465. The molecule has 0 amide bonds. The number of H-pyrrole nitrogens is 1. The maximum atomic E-state index is 6.45. The predicted octanol–water partition coefficient (Wildman–Crippen LogP) is 5.87. The molecule has 25 heavy (non-hydrogen) atoms. The molecule has 2 aromatic carbocycles. The van der Waals surface area contributed by atoms with Crippen molar-refractivity contribution in [2.45, 2.75) is 33.7 Å². The molecule has 1 heterocycles. The molecule has 0 aliphatic heterocycles. The van der Waals surface area contributed by atoms with Crippen LogP contribution in [0.1, 0.15) is 43.6 Å². The first-order valence-corrected chi connectivity index (χ1v) is 9.01. The first-order valence-electron chi connectivity index (χ1n) is 8.63. The average Bonchev–Trinajstić information content (AvgIpc) is 2.97. The number of allylic oxidation sites excluding steroid dienone is 1. The molecule has 1 unspecified atom stereocenters. The molecule has 3 nitrogen and oxygen atoms in total. The van der Waals surface area contributed by atoms with Gasteiger partial charge in [-0.2, -0.15) is 5.10 Å². The van der Waals surface area contributed by atoms with Crippen LogP contribution in [0.3, 0.4) is 0 Å². The first-order chi connectivity index (χ1) is 12.0. The highest BCUT2D eigenvalue weighted by Gasteiger charge is 2.19. The minimum atomic E-state index is 0.140. The van der Waals surface area contributed by atoms with Gasteiger partial charge >= 0.3 is 0 Å². The number of aromatic amines is 1. The van der Waals surface area contributed by atoms with Crippen molar-refractivity contribution in [3.8, 4) is 0 Å². The molecule has 3 aromatic rings. The van der Waals surface area contributed by atoms with E-state index in [1.807, 2.05) is 25.1 Å². The molecule has 1 aromatic heterocycles. The summed E-state index contributed by atoms with van der Waals surface area (Å²) in [5.74, 6) is 0.397. The Morgan fingerprint density at radius 2 is 1.96 bits per heavy atom. The second-order valence-corrected chi connectivity index (χ2v) is 7.08. The lowest BCUT2D eigenvalue weighted by Gasteiger charge is -2.26. The van der Waals surface area contributed by atoms with E-state index in [1.54, 1.807) is 0 Å². The number of halogens is 1. The predicted molar refractivity (Wildman–Crippen MR) is 107 cm³/mol. The highest BCUT2D eigenvalue weighted by molar-refractivity contribution is 6.31. The van der Waals surface area contributed by atoms with Crippen LogP contribution >= 0.6 is 11.6 Å². The number of hydrogen-bond donors (Lipinski definition) is 2. The van der Waals surface area contributed by atoms with Crippen LogP contribution in [0, 0.1) is 12.8 Å². The van der Waals surface area contributed by atoms with Gasteiger partial charge in [0.2, 0.25) is 0 Å². The zero-order valence-electron chi connectivity index (χ0n) is 15.1. The molecule has 0 saturated heterocycles. The van der Waals surface area contributed by atoms with Crippen LogP contribution in [0.15, 0.2) is 48.5 Å². The Bertz CT molecular complexity index is 908. The summed E-state index contributed by atoms with van der Waals surface area (Å²) in [6, 6.07) is 14.5. The summed E-state index contributed by atoms with van der Waals surface area (Å²) in [5.41, 5.74) is 5.44. The molecule has 0 spiro atoms. The van der Waals surface area contributed by atoms with E-state index in [0.717, 1.165) is 38.4 Å². The molecule has 0 radical (unpaired) electrons. The van der Waals surface area contributed by atoms with Gasteiger partial charge in [0, 0.05) is 21.8 Å². The van der Waals surface area contributed by atoms with Crippen LogP contribution in [0.5, 0.6) is 0 Å². The Morgan fingerprint density at radius 1 is 1.20 bits per heavy atom. The van der Waals surface area contributed by atoms with E-state index in [4.69, 9.17) is 11.6 Å². The standard InChI is InChI=1S/C21H24ClN3/c1-5-19(15-10-11-20-17(12-15)14(4)24-25-20)23-21(13(2)3)16-8-6-7-9-18(16)22/h5-13,21,23H,1-4H3,(H,24,25)/b19-5-. The van der Waals surface area contributed by atoms with Crippen molar-refractivity contribution in [2.24, 2.45) is 5.92 Å². The highest BCUT2D eigenvalue weighted by atomic mass is 35.5. The lowest BCUT2D eigenvalue weighted by Crippen LogP contribution is -2.25. The van der Waals surface area contributed by atoms with E-state index in [9.17, 15) is 0 Å². The molecule has 2 N–H and O–H groups in total. The van der Waals surface area contributed by atoms with Crippen LogP contribution in [-0.4, -0.2) is 10.2 Å². The minimum absolute atomic E-state index is 0.140. The summed E-state index contributed by atoms with van der Waals surface area (Å²) in [7, 11) is 0. The van der Waals surface area contributed by atoms with Crippen molar-refractivity contribution in [3.05, 3.63) is 70.4 Å². The molecule has 0 aliphatic rings. The van der Waals surface area contributed by atoms with E-state index in [0.29, 0.717) is 5.92 Å². The number of rotatable bonds is 5. The van der Waals surface area contributed by atoms with Crippen molar-refractivity contribution in [2.75, 3.05) is 0 Å². The molecular formula is C21H24ClN3. The molecule has 0 bridgehead atoms. The Kier molecular flexibility index (Phi) is 5.14. The Balaban J connectivity index is 1.96. The van der Waals surface area contributed by atoms with Crippen molar-refractivity contribution < 1.29 is 0 Å². The number of fused-ring (bicyclic) bond motifs is 1. The highest BCUT2D eigenvalue weighted by Crippen LogP contribution is 2.31. The normalized spacial score (nSPS) is 13.4. The smallest absolute Gasteiger partial charge is 0.0924 e. The van der Waals surface area contributed by atoms with Gasteiger partial charge in [0.25, 0.3) is 0 Å². The summed E-state index contributed by atoms with van der Waals surface area (Å²) in [6.07, 6.45) is 2.11. The van der Waals surface area contributed by atoms with Gasteiger partial charge in [-0.3, -0.25) is 5.10 Å². The molecule has 130 valence electrons. The van der Waals surface area contributed by atoms with E-state index in [-0.39, 0.29) is 6.04 Å². The molecule has 0 aliphatic carbocycles. The van der Waals surface area contributed by atoms with E-state index >= 15 is 0 Å². The quantitative estimate of drug-likeness (QED) is 0.602. The maximum absolute atomic E-state index is 6.45. The van der Waals surface area contributed by atoms with Gasteiger partial charge in [0.15, 0.2) is 0 Å². The zero-order chi connectivity index (χ0) is 18.0. The monoisotopic (exact) mass is 353 g/mol. The van der Waals surface area contributed by atoms with E-state index < -0.39 is 0 Å². The van der Waals surface area contributed by atoms with Gasteiger partial charge in [-0.05, 0) is 49.1 Å². The van der Waals surface area contributed by atoms with Gasteiger partial charge in [-0.15, -0.1) is 0 Å². The van der Waals surface area contributed by atoms with Crippen molar-refractivity contribution in [1.29, 1.82) is 0 Å². The Morgan fingerprint density at radius 3 is 2.64 bits per heavy atom. The summed E-state index contributed by atoms with van der Waals surface area (Å²) < 4.78 is 0. The second-order valence-electron chi connectivity index (χ2n) is 6.67. The first kappa shape index (κ1) is 17.6. The van der Waals surface area contributed by atoms with Crippen LogP contribution in [0.25, 0.3) is 16.6 Å². The van der Waals surface area contributed by atoms with Crippen LogP contribution in [-0.2, 0) is 0 Å². The lowest BCUT2D eigenvalue weighted by atomic mass is 9.94. The van der Waals surface area contributed by atoms with Gasteiger partial charge in [-0.1, -0.05) is 55.8 Å². The van der Waals surface area contributed by atoms with Crippen molar-refractivity contribution in [1.82, 2.24) is 15.5 Å². The molecule has 1 atom stereocenters. The topological polar surface area (TPSA) is 40.7 Å². The second kappa shape index (κ2) is 7.32. The number of aromatic nitrogens is 2. The van der Waals surface area contributed by atoms with Gasteiger partial charge < -0.3 is 5.32 Å². The number of hydrogen-bond acceptors (Lipinski definition) is 2. The summed E-state index contributed by atoms with van der Waals surface area (Å²) >= 11 is 6.45. The number of benzene rings is 2. The molecule has 3 rings (SSSR count). The Hall–Kier alpha value is -2.26. The largest absolute Gasteiger partial charge is 0.378 e. The Labute approximate surface area is 154 Å². The average molecular weight is 354 g/mol. The third kappa shape index (κ3) is 3.57. The summed E-state index contributed by atoms with van der Waals surface area (Å²) in [5, 5.41) is 13.0. The van der Waals surface area contributed by atoms with E-state index in [2.05, 4.69) is 66.6 Å². The van der Waals surface area contributed by atoms with Crippen LogP contribution in [0.2, 0.25) is 5.02 Å². The molecule has 0 saturated carbocycles. The van der Waals surface area contributed by atoms with Crippen molar-refractivity contribution in [3.63, 3.8) is 0 Å². The van der Waals surface area contributed by atoms with Crippen LogP contribution < -0.4 is 5.32 Å². The summed E-state index contributed by atoms with van der Waals surface area (Å²) in [4.78, 5) is 0. The van der Waals surface area contributed by atoms with Gasteiger partial charge in [0.05, 0.1) is 11.6 Å². The molecule has 4 heteroatoms. The minimum Gasteiger partial charge on any atom is -0.378 e. The van der Waals surface area contributed by atoms with Crippen molar-refractivity contribution >= 4 is 28.2 Å². The maximum Gasteiger partial charge on any atom is 0.0924 e. The number of nitrogens with one attached hydrogen (secondary N) is 2. The molecule has 0 fully saturated rings. The fourth-order valence-electron chi connectivity index (χ4n) is 3.14.